The topological polar surface area (TPSA) is 38.0 Å². The maximum atomic E-state index is 6.32. The SMILES string of the molecule is CCC(C)NC1CC(C)(C)CC(C)(N)C1. The molecule has 2 nitrogen and oxygen atoms in total. The molecule has 1 saturated carbocycles. The number of nitrogens with one attached hydrogen (secondary N) is 1. The Hall–Kier alpha value is -0.0800. The van der Waals surface area contributed by atoms with Crippen molar-refractivity contribution in [2.24, 2.45) is 11.1 Å². The van der Waals surface area contributed by atoms with Gasteiger partial charge in [-0.2, -0.15) is 0 Å². The maximum absolute atomic E-state index is 6.32. The maximum Gasteiger partial charge on any atom is 0.0145 e. The second-order valence-electron chi connectivity index (χ2n) is 6.58. The van der Waals surface area contributed by atoms with Gasteiger partial charge in [0, 0.05) is 17.6 Å². The highest BCUT2D eigenvalue weighted by atomic mass is 15.0. The smallest absolute Gasteiger partial charge is 0.0145 e. The van der Waals surface area contributed by atoms with Gasteiger partial charge in [-0.15, -0.1) is 0 Å². The van der Waals surface area contributed by atoms with E-state index in [9.17, 15) is 0 Å². The van der Waals surface area contributed by atoms with Crippen molar-refractivity contribution in [3.63, 3.8) is 0 Å². The van der Waals surface area contributed by atoms with Crippen molar-refractivity contribution in [2.45, 2.75) is 77.9 Å². The Labute approximate surface area is 95.0 Å². The third-order valence-electron chi connectivity index (χ3n) is 3.53. The van der Waals surface area contributed by atoms with Gasteiger partial charge in [-0.25, -0.2) is 0 Å². The van der Waals surface area contributed by atoms with E-state index in [2.05, 4.69) is 39.9 Å². The molecule has 0 aromatic heterocycles. The minimum Gasteiger partial charge on any atom is -0.325 e. The Kier molecular flexibility index (Phi) is 3.83. The third-order valence-corrected chi connectivity index (χ3v) is 3.53. The molecule has 3 N–H and O–H groups in total. The van der Waals surface area contributed by atoms with Crippen LogP contribution in [0.15, 0.2) is 0 Å². The summed E-state index contributed by atoms with van der Waals surface area (Å²) in [6, 6.07) is 1.21. The Bertz CT molecular complexity index is 193. The highest BCUT2D eigenvalue weighted by Crippen LogP contribution is 2.39. The van der Waals surface area contributed by atoms with E-state index in [0.29, 0.717) is 17.5 Å². The summed E-state index contributed by atoms with van der Waals surface area (Å²) in [5.41, 5.74) is 6.71. The largest absolute Gasteiger partial charge is 0.325 e. The number of nitrogens with two attached hydrogens (primary N) is 1. The van der Waals surface area contributed by atoms with E-state index >= 15 is 0 Å². The van der Waals surface area contributed by atoms with Crippen LogP contribution >= 0.6 is 0 Å². The van der Waals surface area contributed by atoms with Crippen molar-refractivity contribution in [2.75, 3.05) is 0 Å². The van der Waals surface area contributed by atoms with Gasteiger partial charge in [0.1, 0.15) is 0 Å². The van der Waals surface area contributed by atoms with E-state index in [1.165, 1.54) is 12.8 Å². The van der Waals surface area contributed by atoms with E-state index in [-0.39, 0.29) is 5.54 Å². The lowest BCUT2D eigenvalue weighted by Gasteiger charge is -2.45. The Morgan fingerprint density at radius 2 is 1.93 bits per heavy atom. The van der Waals surface area contributed by atoms with Crippen LogP contribution in [0.4, 0.5) is 0 Å². The molecule has 0 heterocycles. The molecule has 90 valence electrons. The molecule has 1 fully saturated rings. The van der Waals surface area contributed by atoms with Crippen molar-refractivity contribution in [1.82, 2.24) is 5.32 Å². The van der Waals surface area contributed by atoms with Crippen LogP contribution in [-0.4, -0.2) is 17.6 Å². The fourth-order valence-electron chi connectivity index (χ4n) is 3.18. The zero-order valence-corrected chi connectivity index (χ0v) is 11.1. The lowest BCUT2D eigenvalue weighted by atomic mass is 9.67. The van der Waals surface area contributed by atoms with Gasteiger partial charge in [0.15, 0.2) is 0 Å². The predicted octanol–water partition coefficient (Wildman–Crippen LogP) is 2.67. The van der Waals surface area contributed by atoms with Gasteiger partial charge in [-0.1, -0.05) is 20.8 Å². The second-order valence-corrected chi connectivity index (χ2v) is 6.58. The number of hydrogen-bond acceptors (Lipinski definition) is 2. The first-order valence-electron chi connectivity index (χ1n) is 6.29. The minimum atomic E-state index is 0.00682. The van der Waals surface area contributed by atoms with Crippen LogP contribution in [0, 0.1) is 5.41 Å². The molecule has 0 amide bonds. The van der Waals surface area contributed by atoms with E-state index in [0.717, 1.165) is 12.8 Å². The van der Waals surface area contributed by atoms with Crippen molar-refractivity contribution >= 4 is 0 Å². The fraction of sp³-hybridized carbons (Fsp3) is 1.00. The first kappa shape index (κ1) is 13.0. The highest BCUT2D eigenvalue weighted by Gasteiger charge is 2.38. The molecule has 1 rings (SSSR count). The molecular formula is C13H28N2. The van der Waals surface area contributed by atoms with Crippen LogP contribution in [0.5, 0.6) is 0 Å². The number of rotatable bonds is 3. The molecule has 0 saturated heterocycles. The molecule has 3 unspecified atom stereocenters. The highest BCUT2D eigenvalue weighted by molar-refractivity contribution is 4.97. The summed E-state index contributed by atoms with van der Waals surface area (Å²) in [4.78, 5) is 0. The molecule has 0 spiro atoms. The van der Waals surface area contributed by atoms with Gasteiger partial charge in [0.25, 0.3) is 0 Å². The van der Waals surface area contributed by atoms with E-state index in [4.69, 9.17) is 5.73 Å². The van der Waals surface area contributed by atoms with Gasteiger partial charge in [-0.3, -0.25) is 0 Å². The van der Waals surface area contributed by atoms with Gasteiger partial charge < -0.3 is 11.1 Å². The average Bonchev–Trinajstić information content (AvgIpc) is 1.97. The van der Waals surface area contributed by atoms with Gasteiger partial charge in [0.05, 0.1) is 0 Å². The summed E-state index contributed by atoms with van der Waals surface area (Å²) in [6.45, 7) is 11.4. The van der Waals surface area contributed by atoms with Gasteiger partial charge >= 0.3 is 0 Å². The number of hydrogen-bond donors (Lipinski definition) is 2. The standard InChI is InChI=1S/C13H28N2/c1-6-10(2)15-11-7-12(3,4)9-13(5,14)8-11/h10-11,15H,6-9,14H2,1-5H3. The quantitative estimate of drug-likeness (QED) is 0.755. The molecule has 0 aromatic carbocycles. The molecular weight excluding hydrogens is 184 g/mol. The zero-order chi connectivity index (χ0) is 11.7. The van der Waals surface area contributed by atoms with Gasteiger partial charge in [0.2, 0.25) is 0 Å². The van der Waals surface area contributed by atoms with E-state index in [1.807, 2.05) is 0 Å². The molecule has 0 bridgehead atoms. The molecule has 0 radical (unpaired) electrons. The van der Waals surface area contributed by atoms with Crippen molar-refractivity contribution in [3.8, 4) is 0 Å². The normalized spacial score (nSPS) is 37.6. The molecule has 2 heteroatoms. The Morgan fingerprint density at radius 1 is 1.33 bits per heavy atom. The third kappa shape index (κ3) is 4.12. The van der Waals surface area contributed by atoms with Crippen LogP contribution in [-0.2, 0) is 0 Å². The monoisotopic (exact) mass is 212 g/mol. The first-order valence-corrected chi connectivity index (χ1v) is 6.29. The summed E-state index contributed by atoms with van der Waals surface area (Å²) >= 11 is 0. The lowest BCUT2D eigenvalue weighted by Crippen LogP contribution is -2.54. The lowest BCUT2D eigenvalue weighted by molar-refractivity contribution is 0.123. The van der Waals surface area contributed by atoms with Crippen LogP contribution in [0.3, 0.4) is 0 Å². The van der Waals surface area contributed by atoms with Crippen LogP contribution in [0.25, 0.3) is 0 Å². The fourth-order valence-corrected chi connectivity index (χ4v) is 3.18. The molecule has 1 aliphatic rings. The van der Waals surface area contributed by atoms with E-state index in [1.54, 1.807) is 0 Å². The first-order chi connectivity index (χ1) is 6.74. The van der Waals surface area contributed by atoms with Crippen LogP contribution in [0.2, 0.25) is 0 Å². The molecule has 3 atom stereocenters. The summed E-state index contributed by atoms with van der Waals surface area (Å²) in [5.74, 6) is 0. The molecule has 0 aliphatic heterocycles. The zero-order valence-electron chi connectivity index (χ0n) is 11.1. The van der Waals surface area contributed by atoms with Crippen LogP contribution in [0.1, 0.15) is 60.3 Å². The minimum absolute atomic E-state index is 0.00682. The summed E-state index contributed by atoms with van der Waals surface area (Å²) in [5, 5.41) is 3.70. The summed E-state index contributed by atoms with van der Waals surface area (Å²) < 4.78 is 0. The Morgan fingerprint density at radius 3 is 2.40 bits per heavy atom. The van der Waals surface area contributed by atoms with Crippen molar-refractivity contribution in [1.29, 1.82) is 0 Å². The van der Waals surface area contributed by atoms with Crippen molar-refractivity contribution in [3.05, 3.63) is 0 Å². The molecule has 1 aliphatic carbocycles. The summed E-state index contributed by atoms with van der Waals surface area (Å²) in [7, 11) is 0. The van der Waals surface area contributed by atoms with E-state index < -0.39 is 0 Å². The van der Waals surface area contributed by atoms with Crippen molar-refractivity contribution < 1.29 is 0 Å². The average molecular weight is 212 g/mol. The molecule has 15 heavy (non-hydrogen) atoms. The van der Waals surface area contributed by atoms with Crippen LogP contribution < -0.4 is 11.1 Å². The predicted molar refractivity (Wildman–Crippen MR) is 66.9 cm³/mol. The second kappa shape index (κ2) is 4.42. The van der Waals surface area contributed by atoms with Gasteiger partial charge in [-0.05, 0) is 44.9 Å². The molecule has 0 aromatic rings. The Balaban J connectivity index is 2.59. The summed E-state index contributed by atoms with van der Waals surface area (Å²) in [6.07, 6.45) is 4.70.